The first-order valence-corrected chi connectivity index (χ1v) is 7.22. The van der Waals surface area contributed by atoms with Gasteiger partial charge in [0.2, 0.25) is 5.91 Å². The number of carbonyl (C=O) groups is 1. The van der Waals surface area contributed by atoms with Crippen LogP contribution in [-0.2, 0) is 16.1 Å². The monoisotopic (exact) mass is 285 g/mol. The van der Waals surface area contributed by atoms with Crippen molar-refractivity contribution < 1.29 is 14.3 Å². The molecule has 4 heteroatoms. The van der Waals surface area contributed by atoms with Crippen LogP contribution >= 0.6 is 0 Å². The number of methoxy groups -OCH3 is 1. The van der Waals surface area contributed by atoms with E-state index in [4.69, 9.17) is 9.47 Å². The molecule has 110 valence electrons. The molecule has 0 bridgehead atoms. The second kappa shape index (κ2) is 6.14. The Bertz CT molecular complexity index is 648. The van der Waals surface area contributed by atoms with Crippen LogP contribution < -0.4 is 10.1 Å². The standard InChI is InChI=1S/C17H19NO3/c1-20-15-7-6-13-9-12(4-5-14(13)10-15)11-18-17(19)16-3-2-8-21-16/h4-7,9-10,16H,2-3,8,11H2,1H3,(H,18,19)/t16-/m0/s1. The van der Waals surface area contributed by atoms with E-state index >= 15 is 0 Å². The lowest BCUT2D eigenvalue weighted by Gasteiger charge is -2.11. The molecule has 4 nitrogen and oxygen atoms in total. The Balaban J connectivity index is 1.68. The lowest BCUT2D eigenvalue weighted by Crippen LogP contribution is -2.33. The molecule has 1 amide bonds. The third kappa shape index (κ3) is 3.16. The van der Waals surface area contributed by atoms with Crippen molar-refractivity contribution in [2.24, 2.45) is 0 Å². The SMILES string of the molecule is COc1ccc2cc(CNC(=O)[C@@H]3CCCO3)ccc2c1. The van der Waals surface area contributed by atoms with Crippen LogP contribution in [0.3, 0.4) is 0 Å². The van der Waals surface area contributed by atoms with Crippen LogP contribution in [0.1, 0.15) is 18.4 Å². The van der Waals surface area contributed by atoms with Gasteiger partial charge in [0.25, 0.3) is 0 Å². The minimum absolute atomic E-state index is 0.0117. The summed E-state index contributed by atoms with van der Waals surface area (Å²) in [4.78, 5) is 11.9. The molecule has 1 aliphatic rings. The highest BCUT2D eigenvalue weighted by molar-refractivity contribution is 5.85. The minimum atomic E-state index is -0.269. The zero-order valence-corrected chi connectivity index (χ0v) is 12.1. The van der Waals surface area contributed by atoms with Gasteiger partial charge in [0.15, 0.2) is 0 Å². The predicted octanol–water partition coefficient (Wildman–Crippen LogP) is 2.64. The van der Waals surface area contributed by atoms with Gasteiger partial charge in [-0.3, -0.25) is 4.79 Å². The maximum atomic E-state index is 11.9. The summed E-state index contributed by atoms with van der Waals surface area (Å²) in [6.45, 7) is 1.22. The van der Waals surface area contributed by atoms with Crippen LogP contribution in [-0.4, -0.2) is 25.7 Å². The summed E-state index contributed by atoms with van der Waals surface area (Å²) in [6.07, 6.45) is 1.52. The number of ether oxygens (including phenoxy) is 2. The zero-order valence-electron chi connectivity index (χ0n) is 12.1. The lowest BCUT2D eigenvalue weighted by molar-refractivity contribution is -0.130. The molecule has 2 aromatic rings. The average Bonchev–Trinajstić information content (AvgIpc) is 3.06. The van der Waals surface area contributed by atoms with E-state index in [1.807, 2.05) is 30.3 Å². The number of carbonyl (C=O) groups excluding carboxylic acids is 1. The molecular formula is C17H19NO3. The molecule has 0 saturated carbocycles. The van der Waals surface area contributed by atoms with Crippen molar-refractivity contribution >= 4 is 16.7 Å². The summed E-state index contributed by atoms with van der Waals surface area (Å²) >= 11 is 0. The number of fused-ring (bicyclic) bond motifs is 1. The molecular weight excluding hydrogens is 266 g/mol. The summed E-state index contributed by atoms with van der Waals surface area (Å²) in [5, 5.41) is 5.21. The Labute approximate surface area is 124 Å². The third-order valence-corrected chi connectivity index (χ3v) is 3.80. The molecule has 0 radical (unpaired) electrons. The summed E-state index contributed by atoms with van der Waals surface area (Å²) < 4.78 is 10.6. The van der Waals surface area contributed by atoms with Gasteiger partial charge in [0.05, 0.1) is 7.11 Å². The first kappa shape index (κ1) is 13.9. The summed E-state index contributed by atoms with van der Waals surface area (Å²) in [5.74, 6) is 0.837. The first-order chi connectivity index (χ1) is 10.3. The number of nitrogens with one attached hydrogen (secondary N) is 1. The van der Waals surface area contributed by atoms with Crippen LogP contribution in [0.2, 0.25) is 0 Å². The van der Waals surface area contributed by atoms with Gasteiger partial charge in [-0.05, 0) is 47.4 Å². The minimum Gasteiger partial charge on any atom is -0.497 e. The van der Waals surface area contributed by atoms with Gasteiger partial charge in [-0.1, -0.05) is 18.2 Å². The second-order valence-electron chi connectivity index (χ2n) is 5.27. The normalized spacial score (nSPS) is 17.9. The Morgan fingerprint density at radius 3 is 2.86 bits per heavy atom. The van der Waals surface area contributed by atoms with E-state index in [1.54, 1.807) is 7.11 Å². The summed E-state index contributed by atoms with van der Waals surface area (Å²) in [5.41, 5.74) is 1.08. The van der Waals surface area contributed by atoms with Crippen molar-refractivity contribution in [2.45, 2.75) is 25.5 Å². The molecule has 0 aromatic heterocycles. The number of hydrogen-bond donors (Lipinski definition) is 1. The van der Waals surface area contributed by atoms with Crippen molar-refractivity contribution in [3.63, 3.8) is 0 Å². The topological polar surface area (TPSA) is 47.6 Å². The molecule has 2 aromatic carbocycles. The molecule has 0 spiro atoms. The van der Waals surface area contributed by atoms with Gasteiger partial charge in [-0.25, -0.2) is 0 Å². The van der Waals surface area contributed by atoms with Gasteiger partial charge in [0, 0.05) is 13.2 Å². The molecule has 1 atom stereocenters. The van der Waals surface area contributed by atoms with Crippen LogP contribution in [0.25, 0.3) is 10.8 Å². The molecule has 0 unspecified atom stereocenters. The number of amides is 1. The lowest BCUT2D eigenvalue weighted by atomic mass is 10.1. The molecule has 3 rings (SSSR count). The number of rotatable bonds is 4. The molecule has 21 heavy (non-hydrogen) atoms. The van der Waals surface area contributed by atoms with Gasteiger partial charge in [0.1, 0.15) is 11.9 Å². The molecule has 1 fully saturated rings. The Kier molecular flexibility index (Phi) is 4.06. The van der Waals surface area contributed by atoms with Crippen molar-refractivity contribution in [1.29, 1.82) is 0 Å². The van der Waals surface area contributed by atoms with E-state index in [1.165, 1.54) is 0 Å². The highest BCUT2D eigenvalue weighted by Gasteiger charge is 2.22. The van der Waals surface area contributed by atoms with Crippen molar-refractivity contribution in [3.05, 3.63) is 42.0 Å². The van der Waals surface area contributed by atoms with Gasteiger partial charge in [-0.15, -0.1) is 0 Å². The van der Waals surface area contributed by atoms with Crippen LogP contribution in [0.5, 0.6) is 5.75 Å². The highest BCUT2D eigenvalue weighted by Crippen LogP contribution is 2.22. The summed E-state index contributed by atoms with van der Waals surface area (Å²) in [7, 11) is 1.66. The Hall–Kier alpha value is -2.07. The van der Waals surface area contributed by atoms with Crippen molar-refractivity contribution in [3.8, 4) is 5.75 Å². The van der Waals surface area contributed by atoms with E-state index in [0.29, 0.717) is 13.2 Å². The van der Waals surface area contributed by atoms with Crippen molar-refractivity contribution in [2.75, 3.05) is 13.7 Å². The first-order valence-electron chi connectivity index (χ1n) is 7.22. The number of hydrogen-bond acceptors (Lipinski definition) is 3. The Morgan fingerprint density at radius 2 is 2.10 bits per heavy atom. The van der Waals surface area contributed by atoms with Gasteiger partial charge >= 0.3 is 0 Å². The quantitative estimate of drug-likeness (QED) is 0.939. The van der Waals surface area contributed by atoms with E-state index < -0.39 is 0 Å². The van der Waals surface area contributed by atoms with Gasteiger partial charge < -0.3 is 14.8 Å². The van der Waals surface area contributed by atoms with Crippen molar-refractivity contribution in [1.82, 2.24) is 5.32 Å². The molecule has 1 saturated heterocycles. The van der Waals surface area contributed by atoms with E-state index in [2.05, 4.69) is 11.4 Å². The molecule has 1 aliphatic heterocycles. The molecule has 1 heterocycles. The summed E-state index contributed by atoms with van der Waals surface area (Å²) in [6, 6.07) is 12.1. The predicted molar refractivity (Wildman–Crippen MR) is 81.3 cm³/mol. The maximum Gasteiger partial charge on any atom is 0.249 e. The smallest absolute Gasteiger partial charge is 0.249 e. The third-order valence-electron chi connectivity index (χ3n) is 3.80. The largest absolute Gasteiger partial charge is 0.497 e. The zero-order chi connectivity index (χ0) is 14.7. The number of benzene rings is 2. The fourth-order valence-corrected chi connectivity index (χ4v) is 2.60. The van der Waals surface area contributed by atoms with Crippen LogP contribution in [0.15, 0.2) is 36.4 Å². The molecule has 0 aliphatic carbocycles. The van der Waals surface area contributed by atoms with Crippen LogP contribution in [0.4, 0.5) is 0 Å². The fraction of sp³-hybridized carbons (Fsp3) is 0.353. The highest BCUT2D eigenvalue weighted by atomic mass is 16.5. The maximum absolute atomic E-state index is 11.9. The van der Waals surface area contributed by atoms with E-state index in [-0.39, 0.29) is 12.0 Å². The Morgan fingerprint density at radius 1 is 1.29 bits per heavy atom. The fourth-order valence-electron chi connectivity index (χ4n) is 2.60. The van der Waals surface area contributed by atoms with E-state index in [0.717, 1.165) is 34.9 Å². The van der Waals surface area contributed by atoms with E-state index in [9.17, 15) is 4.79 Å². The van der Waals surface area contributed by atoms with Crippen LogP contribution in [0, 0.1) is 0 Å². The average molecular weight is 285 g/mol. The second-order valence-corrected chi connectivity index (χ2v) is 5.27. The molecule has 1 N–H and O–H groups in total. The van der Waals surface area contributed by atoms with Gasteiger partial charge in [-0.2, -0.15) is 0 Å².